The van der Waals surface area contributed by atoms with Gasteiger partial charge in [0.05, 0.1) is 18.8 Å². The smallest absolute Gasteiger partial charge is 0.0858 e. The molecule has 23 heavy (non-hydrogen) atoms. The van der Waals surface area contributed by atoms with Crippen LogP contribution in [0.15, 0.2) is 11.6 Å². The van der Waals surface area contributed by atoms with Gasteiger partial charge < -0.3 is 20.4 Å². The molecule has 0 aromatic carbocycles. The zero-order chi connectivity index (χ0) is 16.8. The lowest BCUT2D eigenvalue weighted by molar-refractivity contribution is -0.0911. The van der Waals surface area contributed by atoms with Crippen molar-refractivity contribution in [3.05, 3.63) is 11.6 Å². The van der Waals surface area contributed by atoms with Crippen molar-refractivity contribution in [2.24, 2.45) is 28.6 Å². The molecule has 4 nitrogen and oxygen atoms in total. The summed E-state index contributed by atoms with van der Waals surface area (Å²) in [6.45, 7) is 4.31. The van der Waals surface area contributed by atoms with E-state index in [0.29, 0.717) is 11.8 Å². The SMILES string of the molecule is CC1(C(O)CO)C=C2CCC3C(CO)CC(O)CC3(C)C2CC1. The maximum atomic E-state index is 10.3. The summed E-state index contributed by atoms with van der Waals surface area (Å²) >= 11 is 0. The zero-order valence-electron chi connectivity index (χ0n) is 14.4. The Morgan fingerprint density at radius 1 is 1.26 bits per heavy atom. The van der Waals surface area contributed by atoms with Gasteiger partial charge in [0, 0.05) is 12.0 Å². The number of fused-ring (bicyclic) bond motifs is 3. The molecule has 0 aliphatic heterocycles. The summed E-state index contributed by atoms with van der Waals surface area (Å²) < 4.78 is 0. The summed E-state index contributed by atoms with van der Waals surface area (Å²) in [5.41, 5.74) is 1.10. The number of hydrogen-bond acceptors (Lipinski definition) is 4. The predicted octanol–water partition coefficient (Wildman–Crippen LogP) is 1.86. The van der Waals surface area contributed by atoms with Crippen molar-refractivity contribution in [3.63, 3.8) is 0 Å². The lowest BCUT2D eigenvalue weighted by atomic mass is 9.48. The van der Waals surface area contributed by atoms with E-state index in [4.69, 9.17) is 0 Å². The third kappa shape index (κ3) is 2.78. The highest BCUT2D eigenvalue weighted by Gasteiger charge is 2.54. The Labute approximate surface area is 139 Å². The second kappa shape index (κ2) is 6.14. The second-order valence-electron chi connectivity index (χ2n) is 8.70. The van der Waals surface area contributed by atoms with Gasteiger partial charge in [-0.25, -0.2) is 0 Å². The Bertz CT molecular complexity index is 476. The molecular formula is C19H32O4. The largest absolute Gasteiger partial charge is 0.396 e. The summed E-state index contributed by atoms with van der Waals surface area (Å²) in [7, 11) is 0. The van der Waals surface area contributed by atoms with E-state index in [2.05, 4.69) is 13.0 Å². The lowest BCUT2D eigenvalue weighted by Gasteiger charge is -2.57. The van der Waals surface area contributed by atoms with Gasteiger partial charge in [0.25, 0.3) is 0 Å². The Morgan fingerprint density at radius 2 is 2.00 bits per heavy atom. The average Bonchev–Trinajstić information content (AvgIpc) is 2.52. The third-order valence-electron chi connectivity index (χ3n) is 7.31. The summed E-state index contributed by atoms with van der Waals surface area (Å²) in [5, 5.41) is 39.6. The normalized spacial score (nSPS) is 48.2. The highest BCUT2D eigenvalue weighted by atomic mass is 16.3. The number of allylic oxidation sites excluding steroid dienone is 1. The topological polar surface area (TPSA) is 80.9 Å². The molecule has 4 N–H and O–H groups in total. The fourth-order valence-electron chi connectivity index (χ4n) is 5.99. The molecule has 4 heteroatoms. The van der Waals surface area contributed by atoms with Crippen molar-refractivity contribution in [2.45, 2.75) is 64.6 Å². The van der Waals surface area contributed by atoms with E-state index in [-0.39, 0.29) is 36.1 Å². The van der Waals surface area contributed by atoms with Crippen molar-refractivity contribution in [1.82, 2.24) is 0 Å². The maximum Gasteiger partial charge on any atom is 0.0858 e. The summed E-state index contributed by atoms with van der Waals surface area (Å²) in [6.07, 6.45) is 6.68. The molecule has 0 amide bonds. The Hall–Kier alpha value is -0.420. The molecule has 3 aliphatic rings. The minimum Gasteiger partial charge on any atom is -0.396 e. The first-order chi connectivity index (χ1) is 10.8. The van der Waals surface area contributed by atoms with Crippen LogP contribution in [-0.2, 0) is 0 Å². The van der Waals surface area contributed by atoms with Crippen LogP contribution in [0.2, 0.25) is 0 Å². The van der Waals surface area contributed by atoms with Crippen LogP contribution in [0.5, 0.6) is 0 Å². The van der Waals surface area contributed by atoms with Gasteiger partial charge in [-0.15, -0.1) is 0 Å². The Balaban J connectivity index is 1.91. The third-order valence-corrected chi connectivity index (χ3v) is 7.31. The monoisotopic (exact) mass is 324 g/mol. The minimum atomic E-state index is -0.705. The Morgan fingerprint density at radius 3 is 2.65 bits per heavy atom. The van der Waals surface area contributed by atoms with Crippen LogP contribution in [0.4, 0.5) is 0 Å². The first-order valence-electron chi connectivity index (χ1n) is 9.13. The fraction of sp³-hybridized carbons (Fsp3) is 0.895. The number of aliphatic hydroxyl groups excluding tert-OH is 4. The standard InChI is InChI=1S/C19H32O4/c1-18(17(23)11-21)6-5-16-12(8-18)3-4-15-13(10-20)7-14(22)9-19(15,16)2/h8,13-17,20-23H,3-7,9-11H2,1-2H3. The summed E-state index contributed by atoms with van der Waals surface area (Å²) in [6, 6.07) is 0. The molecular weight excluding hydrogens is 292 g/mol. The van der Waals surface area contributed by atoms with E-state index in [1.807, 2.05) is 6.92 Å². The molecule has 0 bridgehead atoms. The van der Waals surface area contributed by atoms with Crippen molar-refractivity contribution in [1.29, 1.82) is 0 Å². The summed E-state index contributed by atoms with van der Waals surface area (Å²) in [4.78, 5) is 0. The van der Waals surface area contributed by atoms with Gasteiger partial charge in [-0.05, 0) is 61.7 Å². The first-order valence-corrected chi connectivity index (χ1v) is 9.13. The number of rotatable bonds is 3. The highest BCUT2D eigenvalue weighted by Crippen LogP contribution is 2.60. The van der Waals surface area contributed by atoms with Crippen LogP contribution in [-0.4, -0.2) is 45.8 Å². The van der Waals surface area contributed by atoms with Crippen LogP contribution >= 0.6 is 0 Å². The van der Waals surface area contributed by atoms with Gasteiger partial charge in [0.2, 0.25) is 0 Å². The average molecular weight is 324 g/mol. The van der Waals surface area contributed by atoms with Crippen LogP contribution < -0.4 is 0 Å². The van der Waals surface area contributed by atoms with Crippen LogP contribution in [0.3, 0.4) is 0 Å². The molecule has 7 atom stereocenters. The van der Waals surface area contributed by atoms with E-state index in [0.717, 1.165) is 38.5 Å². The lowest BCUT2D eigenvalue weighted by Crippen LogP contribution is -2.52. The van der Waals surface area contributed by atoms with Gasteiger partial charge in [-0.1, -0.05) is 25.5 Å². The van der Waals surface area contributed by atoms with E-state index < -0.39 is 6.10 Å². The summed E-state index contributed by atoms with van der Waals surface area (Å²) in [5.74, 6) is 1.12. The van der Waals surface area contributed by atoms with Crippen LogP contribution in [0, 0.1) is 28.6 Å². The van der Waals surface area contributed by atoms with Gasteiger partial charge in [-0.3, -0.25) is 0 Å². The highest BCUT2D eigenvalue weighted by molar-refractivity contribution is 5.24. The van der Waals surface area contributed by atoms with Gasteiger partial charge in [0.1, 0.15) is 0 Å². The zero-order valence-corrected chi connectivity index (χ0v) is 14.4. The van der Waals surface area contributed by atoms with E-state index in [1.165, 1.54) is 5.57 Å². The fourth-order valence-corrected chi connectivity index (χ4v) is 5.99. The minimum absolute atomic E-state index is 0.0423. The molecule has 2 saturated carbocycles. The second-order valence-corrected chi connectivity index (χ2v) is 8.70. The van der Waals surface area contributed by atoms with Crippen LogP contribution in [0.1, 0.15) is 52.4 Å². The van der Waals surface area contributed by atoms with E-state index in [9.17, 15) is 20.4 Å². The van der Waals surface area contributed by atoms with Gasteiger partial charge in [0.15, 0.2) is 0 Å². The van der Waals surface area contributed by atoms with Gasteiger partial charge >= 0.3 is 0 Å². The molecule has 0 spiro atoms. The van der Waals surface area contributed by atoms with Crippen LogP contribution in [0.25, 0.3) is 0 Å². The van der Waals surface area contributed by atoms with Gasteiger partial charge in [-0.2, -0.15) is 0 Å². The quantitative estimate of drug-likeness (QED) is 0.597. The molecule has 2 fully saturated rings. The van der Waals surface area contributed by atoms with E-state index in [1.54, 1.807) is 0 Å². The van der Waals surface area contributed by atoms with Crippen molar-refractivity contribution in [3.8, 4) is 0 Å². The van der Waals surface area contributed by atoms with Crippen molar-refractivity contribution >= 4 is 0 Å². The molecule has 7 unspecified atom stereocenters. The Kier molecular flexibility index (Phi) is 4.65. The molecule has 0 heterocycles. The molecule has 3 rings (SSSR count). The number of aliphatic hydroxyl groups is 4. The molecule has 0 saturated heterocycles. The predicted molar refractivity (Wildman–Crippen MR) is 88.7 cm³/mol. The molecule has 132 valence electrons. The molecule has 0 aromatic rings. The first kappa shape index (κ1) is 17.4. The van der Waals surface area contributed by atoms with Crippen molar-refractivity contribution in [2.75, 3.05) is 13.2 Å². The maximum absolute atomic E-state index is 10.3. The van der Waals surface area contributed by atoms with Crippen molar-refractivity contribution < 1.29 is 20.4 Å². The molecule has 0 aromatic heterocycles. The van der Waals surface area contributed by atoms with E-state index >= 15 is 0 Å². The number of hydrogen-bond donors (Lipinski definition) is 4. The molecule has 0 radical (unpaired) electrons. The molecule has 3 aliphatic carbocycles.